The second-order valence-corrected chi connectivity index (χ2v) is 5.92. The average molecular weight is 312 g/mol. The zero-order chi connectivity index (χ0) is 16.2. The third kappa shape index (κ3) is 3.68. The molecule has 1 fully saturated rings. The lowest BCUT2D eigenvalue weighted by atomic mass is 10.0. The molecule has 1 atom stereocenters. The molecule has 1 aliphatic heterocycles. The van der Waals surface area contributed by atoms with Gasteiger partial charge in [-0.15, -0.1) is 0 Å². The number of hydrogen-bond donors (Lipinski definition) is 2. The monoisotopic (exact) mass is 312 g/mol. The molecule has 2 aromatic rings. The molecule has 0 bridgehead atoms. The van der Waals surface area contributed by atoms with Crippen LogP contribution in [0, 0.1) is 0 Å². The highest BCUT2D eigenvalue weighted by Crippen LogP contribution is 2.17. The summed E-state index contributed by atoms with van der Waals surface area (Å²) in [5, 5.41) is 14.5. The molecule has 0 aliphatic carbocycles. The van der Waals surface area contributed by atoms with Crippen LogP contribution in [-0.2, 0) is 16.0 Å². The fraction of sp³-hybridized carbons (Fsp3) is 0.333. The van der Waals surface area contributed by atoms with E-state index in [4.69, 9.17) is 5.11 Å². The van der Waals surface area contributed by atoms with Crippen molar-refractivity contribution in [1.29, 1.82) is 0 Å². The summed E-state index contributed by atoms with van der Waals surface area (Å²) in [6, 6.07) is 13.9. The molecule has 5 heteroatoms. The predicted molar refractivity (Wildman–Crippen MR) is 88.3 cm³/mol. The maximum atomic E-state index is 12.6. The second kappa shape index (κ2) is 6.79. The van der Waals surface area contributed by atoms with Gasteiger partial charge in [0.2, 0.25) is 5.91 Å². The number of carboxylic acid groups (broad SMARTS) is 1. The maximum Gasteiger partial charge on any atom is 0.323 e. The topological polar surface area (TPSA) is 69.6 Å². The molecule has 2 aromatic carbocycles. The summed E-state index contributed by atoms with van der Waals surface area (Å²) in [6.07, 6.45) is 1.03. The first-order valence-corrected chi connectivity index (χ1v) is 7.83. The number of carboxylic acids is 1. The first kappa shape index (κ1) is 15.5. The van der Waals surface area contributed by atoms with E-state index < -0.39 is 5.97 Å². The number of carbonyl (C=O) groups is 2. The zero-order valence-corrected chi connectivity index (χ0v) is 12.9. The van der Waals surface area contributed by atoms with E-state index >= 15 is 0 Å². The smallest absolute Gasteiger partial charge is 0.323 e. The lowest BCUT2D eigenvalue weighted by Gasteiger charge is -2.27. The molecule has 120 valence electrons. The van der Waals surface area contributed by atoms with Gasteiger partial charge in [-0.05, 0) is 29.3 Å². The van der Waals surface area contributed by atoms with Crippen molar-refractivity contribution in [3.8, 4) is 0 Å². The molecule has 1 unspecified atom stereocenters. The van der Waals surface area contributed by atoms with Crippen molar-refractivity contribution in [2.75, 3.05) is 19.6 Å². The van der Waals surface area contributed by atoms with E-state index in [1.54, 1.807) is 0 Å². The molecule has 0 spiro atoms. The lowest BCUT2D eigenvalue weighted by Crippen LogP contribution is -2.45. The van der Waals surface area contributed by atoms with E-state index in [2.05, 4.69) is 5.32 Å². The predicted octanol–water partition coefficient (Wildman–Crippen LogP) is 1.66. The molecular formula is C18H20N2O3. The van der Waals surface area contributed by atoms with Crippen LogP contribution in [0.25, 0.3) is 10.8 Å². The summed E-state index contributed by atoms with van der Waals surface area (Å²) in [5.41, 5.74) is 0.912. The van der Waals surface area contributed by atoms with E-state index in [-0.39, 0.29) is 24.9 Å². The van der Waals surface area contributed by atoms with Gasteiger partial charge in [0.25, 0.3) is 0 Å². The fourth-order valence-electron chi connectivity index (χ4n) is 3.10. The minimum absolute atomic E-state index is 0.0287. The Morgan fingerprint density at radius 3 is 2.65 bits per heavy atom. The molecule has 0 radical (unpaired) electrons. The van der Waals surface area contributed by atoms with Crippen LogP contribution in [0.4, 0.5) is 0 Å². The second-order valence-electron chi connectivity index (χ2n) is 5.92. The van der Waals surface area contributed by atoms with Crippen molar-refractivity contribution in [2.45, 2.75) is 18.9 Å². The number of aliphatic carboxylic acids is 1. The van der Waals surface area contributed by atoms with Crippen LogP contribution < -0.4 is 5.32 Å². The normalized spacial score (nSPS) is 17.3. The lowest BCUT2D eigenvalue weighted by molar-refractivity contribution is -0.145. The number of nitrogens with one attached hydrogen (secondary N) is 1. The number of fused-ring (bicyclic) bond motifs is 1. The van der Waals surface area contributed by atoms with E-state index in [1.807, 2.05) is 42.5 Å². The molecular weight excluding hydrogens is 292 g/mol. The Bertz CT molecular complexity index is 723. The summed E-state index contributed by atoms with van der Waals surface area (Å²) in [6.45, 7) is 1.25. The van der Waals surface area contributed by atoms with Crippen LogP contribution in [-0.4, -0.2) is 47.6 Å². The van der Waals surface area contributed by atoms with Gasteiger partial charge in [0.05, 0.1) is 6.42 Å². The summed E-state index contributed by atoms with van der Waals surface area (Å²) in [5.74, 6) is -1.10. The fourth-order valence-corrected chi connectivity index (χ4v) is 3.10. The third-order valence-corrected chi connectivity index (χ3v) is 4.27. The standard InChI is InChI=1S/C18H20N2O3/c21-17(20(12-18(22)23)16-7-8-19-11-16)10-13-5-6-14-3-1-2-4-15(14)9-13/h1-6,9,16,19H,7-8,10-12H2,(H,22,23). The van der Waals surface area contributed by atoms with Crippen LogP contribution in [0.1, 0.15) is 12.0 Å². The van der Waals surface area contributed by atoms with Gasteiger partial charge in [-0.3, -0.25) is 9.59 Å². The molecule has 0 aromatic heterocycles. The quantitative estimate of drug-likeness (QED) is 0.881. The van der Waals surface area contributed by atoms with Gasteiger partial charge in [0, 0.05) is 12.6 Å². The highest BCUT2D eigenvalue weighted by molar-refractivity contribution is 5.86. The van der Waals surface area contributed by atoms with E-state index in [0.717, 1.165) is 29.3 Å². The molecule has 1 aliphatic rings. The molecule has 3 rings (SSSR count). The Kier molecular flexibility index (Phi) is 4.57. The van der Waals surface area contributed by atoms with Gasteiger partial charge in [-0.2, -0.15) is 0 Å². The maximum absolute atomic E-state index is 12.6. The van der Waals surface area contributed by atoms with Crippen LogP contribution in [0.3, 0.4) is 0 Å². The van der Waals surface area contributed by atoms with Crippen molar-refractivity contribution in [1.82, 2.24) is 10.2 Å². The van der Waals surface area contributed by atoms with Crippen LogP contribution >= 0.6 is 0 Å². The Hall–Kier alpha value is -2.40. The van der Waals surface area contributed by atoms with Gasteiger partial charge >= 0.3 is 5.97 Å². The Labute approximate surface area is 134 Å². The largest absolute Gasteiger partial charge is 0.480 e. The van der Waals surface area contributed by atoms with Gasteiger partial charge in [-0.1, -0.05) is 42.5 Å². The molecule has 2 N–H and O–H groups in total. The average Bonchev–Trinajstić information content (AvgIpc) is 3.06. The molecule has 1 heterocycles. The van der Waals surface area contributed by atoms with Crippen LogP contribution in [0.5, 0.6) is 0 Å². The van der Waals surface area contributed by atoms with Crippen molar-refractivity contribution in [3.63, 3.8) is 0 Å². The summed E-state index contributed by atoms with van der Waals surface area (Å²) < 4.78 is 0. The minimum Gasteiger partial charge on any atom is -0.480 e. The molecule has 1 amide bonds. The molecule has 1 saturated heterocycles. The van der Waals surface area contributed by atoms with Crippen molar-refractivity contribution < 1.29 is 14.7 Å². The number of hydrogen-bond acceptors (Lipinski definition) is 3. The molecule has 5 nitrogen and oxygen atoms in total. The Balaban J connectivity index is 1.77. The van der Waals surface area contributed by atoms with Crippen molar-refractivity contribution >= 4 is 22.6 Å². The van der Waals surface area contributed by atoms with E-state index in [1.165, 1.54) is 4.90 Å². The van der Waals surface area contributed by atoms with E-state index in [9.17, 15) is 9.59 Å². The number of benzene rings is 2. The van der Waals surface area contributed by atoms with Crippen LogP contribution in [0.15, 0.2) is 42.5 Å². The first-order chi connectivity index (χ1) is 11.1. The van der Waals surface area contributed by atoms with Gasteiger partial charge in [0.1, 0.15) is 6.54 Å². The van der Waals surface area contributed by atoms with Crippen molar-refractivity contribution in [2.24, 2.45) is 0 Å². The van der Waals surface area contributed by atoms with Gasteiger partial charge < -0.3 is 15.3 Å². The third-order valence-electron chi connectivity index (χ3n) is 4.27. The number of rotatable bonds is 5. The highest BCUT2D eigenvalue weighted by atomic mass is 16.4. The Morgan fingerprint density at radius 1 is 1.17 bits per heavy atom. The van der Waals surface area contributed by atoms with Crippen molar-refractivity contribution in [3.05, 3.63) is 48.0 Å². The first-order valence-electron chi connectivity index (χ1n) is 7.83. The number of carbonyl (C=O) groups excluding carboxylic acids is 1. The van der Waals surface area contributed by atoms with E-state index in [0.29, 0.717) is 6.54 Å². The SMILES string of the molecule is O=C(O)CN(C(=O)Cc1ccc2ccccc2c1)C1CCNC1. The van der Waals surface area contributed by atoms with Crippen LogP contribution in [0.2, 0.25) is 0 Å². The number of amides is 1. The zero-order valence-electron chi connectivity index (χ0n) is 12.9. The minimum atomic E-state index is -0.969. The molecule has 0 saturated carbocycles. The summed E-state index contributed by atoms with van der Waals surface area (Å²) in [7, 11) is 0. The Morgan fingerprint density at radius 2 is 1.96 bits per heavy atom. The summed E-state index contributed by atoms with van der Waals surface area (Å²) >= 11 is 0. The number of nitrogens with zero attached hydrogens (tertiary/aromatic N) is 1. The summed E-state index contributed by atoms with van der Waals surface area (Å²) in [4.78, 5) is 25.2. The van der Waals surface area contributed by atoms with Gasteiger partial charge in [-0.25, -0.2) is 0 Å². The molecule has 23 heavy (non-hydrogen) atoms. The highest BCUT2D eigenvalue weighted by Gasteiger charge is 2.28. The van der Waals surface area contributed by atoms with Gasteiger partial charge in [0.15, 0.2) is 0 Å².